The first-order valence-electron chi connectivity index (χ1n) is 11.2. The van der Waals surface area contributed by atoms with E-state index in [1.54, 1.807) is 0 Å². The minimum atomic E-state index is -3.74. The lowest BCUT2D eigenvalue weighted by Gasteiger charge is -2.32. The lowest BCUT2D eigenvalue weighted by Crippen LogP contribution is -2.38. The Bertz CT molecular complexity index is 1160. The Balaban J connectivity index is 1.33. The summed E-state index contributed by atoms with van der Waals surface area (Å²) in [5.74, 6) is -1.47. The van der Waals surface area contributed by atoms with Gasteiger partial charge in [-0.3, -0.25) is 14.5 Å². The number of nitrogens with one attached hydrogen (secondary N) is 3. The quantitative estimate of drug-likeness (QED) is 0.563. The molecule has 8 nitrogen and oxygen atoms in total. The van der Waals surface area contributed by atoms with Gasteiger partial charge >= 0.3 is 0 Å². The predicted octanol–water partition coefficient (Wildman–Crippen LogP) is 2.71. The smallest absolute Gasteiger partial charge is 0.240 e. The molecule has 2 amide bonds. The standard InChI is InChI=1S/C24H30N4O4S/c1-16-4-3-5-19(12-16)15-28-10-8-18(9-11-28)14-25-33(31,32)20-6-7-21-22(13-20)27-24(30)17(2)23(29)26-21/h3-7,12-13,17-18,25H,8-11,14-15H2,1-2H3,(H,26,29)(H,27,30). The largest absolute Gasteiger partial charge is 0.324 e. The summed E-state index contributed by atoms with van der Waals surface area (Å²) in [6.45, 7) is 6.75. The summed E-state index contributed by atoms with van der Waals surface area (Å²) in [6, 6.07) is 12.8. The van der Waals surface area contributed by atoms with E-state index in [0.29, 0.717) is 12.2 Å². The van der Waals surface area contributed by atoms with E-state index in [1.807, 2.05) is 0 Å². The normalized spacial score (nSPS) is 20.0. The Morgan fingerprint density at radius 3 is 2.39 bits per heavy atom. The second-order valence-corrected chi connectivity index (χ2v) is 10.7. The molecule has 176 valence electrons. The van der Waals surface area contributed by atoms with Gasteiger partial charge in [0.2, 0.25) is 21.8 Å². The number of carbonyl (C=O) groups excluding carboxylic acids is 2. The van der Waals surface area contributed by atoms with E-state index < -0.39 is 27.8 Å². The molecular weight excluding hydrogens is 440 g/mol. The van der Waals surface area contributed by atoms with Gasteiger partial charge in [-0.15, -0.1) is 0 Å². The number of amides is 2. The number of fused-ring (bicyclic) bond motifs is 1. The Morgan fingerprint density at radius 2 is 1.70 bits per heavy atom. The third-order valence-electron chi connectivity index (χ3n) is 6.36. The Morgan fingerprint density at radius 1 is 1.00 bits per heavy atom. The number of hydrogen-bond donors (Lipinski definition) is 3. The van der Waals surface area contributed by atoms with Crippen LogP contribution in [0.25, 0.3) is 0 Å². The van der Waals surface area contributed by atoms with Gasteiger partial charge in [0.1, 0.15) is 5.92 Å². The van der Waals surface area contributed by atoms with Crippen LogP contribution in [0.15, 0.2) is 47.4 Å². The van der Waals surface area contributed by atoms with Crippen LogP contribution in [0, 0.1) is 18.8 Å². The highest BCUT2D eigenvalue weighted by Gasteiger charge is 2.28. The van der Waals surface area contributed by atoms with E-state index >= 15 is 0 Å². The molecule has 2 aromatic carbocycles. The summed E-state index contributed by atoms with van der Waals surface area (Å²) >= 11 is 0. The van der Waals surface area contributed by atoms with E-state index in [9.17, 15) is 18.0 Å². The van der Waals surface area contributed by atoms with Crippen LogP contribution in [-0.2, 0) is 26.2 Å². The Labute approximate surface area is 194 Å². The van der Waals surface area contributed by atoms with Crippen molar-refractivity contribution in [1.82, 2.24) is 9.62 Å². The molecule has 0 radical (unpaired) electrons. The molecule has 1 saturated heterocycles. The molecule has 3 N–H and O–H groups in total. The number of rotatable bonds is 6. The van der Waals surface area contributed by atoms with Crippen molar-refractivity contribution in [2.45, 2.75) is 38.1 Å². The van der Waals surface area contributed by atoms with Gasteiger partial charge in [0.05, 0.1) is 16.3 Å². The number of anilines is 2. The summed E-state index contributed by atoms with van der Waals surface area (Å²) in [5.41, 5.74) is 3.23. The maximum Gasteiger partial charge on any atom is 0.240 e. The van der Waals surface area contributed by atoms with Crippen molar-refractivity contribution in [2.75, 3.05) is 30.3 Å². The number of aryl methyl sites for hydroxylation is 1. The van der Waals surface area contributed by atoms with Crippen molar-refractivity contribution in [2.24, 2.45) is 11.8 Å². The van der Waals surface area contributed by atoms with E-state index in [-0.39, 0.29) is 16.5 Å². The molecule has 0 spiro atoms. The SMILES string of the molecule is Cc1cccc(CN2CCC(CNS(=O)(=O)c3ccc4c(c3)NC(=O)C(C)C(=O)N4)CC2)c1. The van der Waals surface area contributed by atoms with Crippen LogP contribution < -0.4 is 15.4 Å². The molecule has 2 aromatic rings. The fourth-order valence-electron chi connectivity index (χ4n) is 4.23. The first-order valence-corrected chi connectivity index (χ1v) is 12.7. The van der Waals surface area contributed by atoms with Crippen LogP contribution in [0.5, 0.6) is 0 Å². The zero-order valence-electron chi connectivity index (χ0n) is 18.9. The number of likely N-dealkylation sites (tertiary alicyclic amines) is 1. The fraction of sp³-hybridized carbons (Fsp3) is 0.417. The van der Waals surface area contributed by atoms with Crippen LogP contribution in [-0.4, -0.2) is 44.8 Å². The van der Waals surface area contributed by atoms with Gasteiger partial charge in [0.25, 0.3) is 0 Å². The summed E-state index contributed by atoms with van der Waals surface area (Å²) < 4.78 is 28.5. The average molecular weight is 471 g/mol. The molecule has 4 rings (SSSR count). The summed E-state index contributed by atoms with van der Waals surface area (Å²) in [7, 11) is -3.74. The van der Waals surface area contributed by atoms with Gasteiger partial charge in [0.15, 0.2) is 0 Å². The lowest BCUT2D eigenvalue weighted by atomic mass is 9.97. The van der Waals surface area contributed by atoms with Crippen LogP contribution in [0.3, 0.4) is 0 Å². The zero-order valence-corrected chi connectivity index (χ0v) is 19.7. The molecule has 9 heteroatoms. The number of carbonyl (C=O) groups is 2. The van der Waals surface area contributed by atoms with Gasteiger partial charge in [0, 0.05) is 13.1 Å². The van der Waals surface area contributed by atoms with Crippen molar-refractivity contribution < 1.29 is 18.0 Å². The molecule has 2 aliphatic heterocycles. The average Bonchev–Trinajstić information content (AvgIpc) is 2.89. The molecule has 2 heterocycles. The van der Waals surface area contributed by atoms with Gasteiger partial charge in [-0.05, 0) is 69.5 Å². The number of nitrogens with zero attached hydrogens (tertiary/aromatic N) is 1. The topological polar surface area (TPSA) is 108 Å². The fourth-order valence-corrected chi connectivity index (χ4v) is 5.37. The van der Waals surface area contributed by atoms with Crippen LogP contribution in [0.4, 0.5) is 11.4 Å². The van der Waals surface area contributed by atoms with Gasteiger partial charge < -0.3 is 10.6 Å². The molecule has 1 atom stereocenters. The minimum absolute atomic E-state index is 0.0576. The molecular formula is C24H30N4O4S. The monoisotopic (exact) mass is 470 g/mol. The molecule has 1 unspecified atom stereocenters. The second kappa shape index (κ2) is 9.62. The number of sulfonamides is 1. The van der Waals surface area contributed by atoms with Crippen molar-refractivity contribution in [3.05, 3.63) is 53.6 Å². The van der Waals surface area contributed by atoms with E-state index in [4.69, 9.17) is 0 Å². The third-order valence-corrected chi connectivity index (χ3v) is 7.78. The molecule has 0 aliphatic carbocycles. The predicted molar refractivity (Wildman–Crippen MR) is 127 cm³/mol. The van der Waals surface area contributed by atoms with Crippen molar-refractivity contribution >= 4 is 33.2 Å². The molecule has 1 fully saturated rings. The molecule has 0 aromatic heterocycles. The Hall–Kier alpha value is -2.75. The molecule has 33 heavy (non-hydrogen) atoms. The van der Waals surface area contributed by atoms with Crippen LogP contribution >= 0.6 is 0 Å². The molecule has 0 saturated carbocycles. The molecule has 0 bridgehead atoms. The summed E-state index contributed by atoms with van der Waals surface area (Å²) in [4.78, 5) is 26.5. The van der Waals surface area contributed by atoms with E-state index in [2.05, 4.69) is 51.4 Å². The van der Waals surface area contributed by atoms with Crippen molar-refractivity contribution in [1.29, 1.82) is 0 Å². The van der Waals surface area contributed by atoms with Crippen LogP contribution in [0.1, 0.15) is 30.9 Å². The van der Waals surface area contributed by atoms with Gasteiger partial charge in [-0.1, -0.05) is 29.8 Å². The van der Waals surface area contributed by atoms with Crippen LogP contribution in [0.2, 0.25) is 0 Å². The maximum absolute atomic E-state index is 12.9. The van der Waals surface area contributed by atoms with Gasteiger partial charge in [-0.2, -0.15) is 0 Å². The van der Waals surface area contributed by atoms with Crippen molar-refractivity contribution in [3.8, 4) is 0 Å². The highest BCUT2D eigenvalue weighted by atomic mass is 32.2. The number of benzene rings is 2. The highest BCUT2D eigenvalue weighted by molar-refractivity contribution is 7.89. The lowest BCUT2D eigenvalue weighted by molar-refractivity contribution is -0.128. The number of piperidine rings is 1. The first kappa shape index (κ1) is 23.4. The van der Waals surface area contributed by atoms with E-state index in [1.165, 1.54) is 36.2 Å². The van der Waals surface area contributed by atoms with Crippen molar-refractivity contribution in [3.63, 3.8) is 0 Å². The minimum Gasteiger partial charge on any atom is -0.324 e. The third kappa shape index (κ3) is 5.61. The summed E-state index contributed by atoms with van der Waals surface area (Å²) in [6.07, 6.45) is 1.86. The van der Waals surface area contributed by atoms with Gasteiger partial charge in [-0.25, -0.2) is 13.1 Å². The molecule has 2 aliphatic rings. The summed E-state index contributed by atoms with van der Waals surface area (Å²) in [5, 5.41) is 5.28. The maximum atomic E-state index is 12.9. The second-order valence-electron chi connectivity index (χ2n) is 8.97. The highest BCUT2D eigenvalue weighted by Crippen LogP contribution is 2.29. The van der Waals surface area contributed by atoms with E-state index in [0.717, 1.165) is 32.5 Å². The zero-order chi connectivity index (χ0) is 23.6. The first-order chi connectivity index (χ1) is 15.7. The number of hydrogen-bond acceptors (Lipinski definition) is 5. The Kier molecular flexibility index (Phi) is 6.83.